The number of carbonyl (C=O) groups is 1. The van der Waals surface area contributed by atoms with Crippen LogP contribution >= 0.6 is 0 Å². The van der Waals surface area contributed by atoms with Crippen molar-refractivity contribution in [2.24, 2.45) is 0 Å². The summed E-state index contributed by atoms with van der Waals surface area (Å²) in [6.45, 7) is 0. The van der Waals surface area contributed by atoms with Crippen molar-refractivity contribution in [3.63, 3.8) is 0 Å². The molecule has 0 fully saturated rings. The van der Waals surface area contributed by atoms with Gasteiger partial charge >= 0.3 is 5.97 Å². The molecule has 1 aromatic carbocycles. The highest BCUT2D eigenvalue weighted by atomic mass is 16.6. The fourth-order valence-corrected chi connectivity index (χ4v) is 1.22. The fraction of sp³-hybridized carbons (Fsp3) is 0.100. The van der Waals surface area contributed by atoms with Crippen LogP contribution in [0.5, 0.6) is 0 Å². The van der Waals surface area contributed by atoms with E-state index in [9.17, 15) is 14.9 Å². The topological polar surface area (TPSA) is 80.4 Å². The van der Waals surface area contributed by atoms with E-state index in [0.717, 1.165) is 0 Å². The largest absolute Gasteiger partial charge is 0.481 e. The smallest absolute Gasteiger partial charge is 0.307 e. The van der Waals surface area contributed by atoms with E-state index in [-0.39, 0.29) is 23.2 Å². The van der Waals surface area contributed by atoms with E-state index >= 15 is 0 Å². The lowest BCUT2D eigenvalue weighted by atomic mass is 10.0. The fourth-order valence-electron chi connectivity index (χ4n) is 1.22. The van der Waals surface area contributed by atoms with E-state index in [0.29, 0.717) is 0 Å². The molecule has 0 saturated heterocycles. The molecule has 1 aromatic rings. The number of hydrogen-bond acceptors (Lipinski definition) is 3. The van der Waals surface area contributed by atoms with Gasteiger partial charge in [0.15, 0.2) is 0 Å². The first kappa shape index (κ1) is 10.7. The molecule has 0 bridgehead atoms. The van der Waals surface area contributed by atoms with E-state index in [4.69, 9.17) is 11.5 Å². The van der Waals surface area contributed by atoms with Gasteiger partial charge in [0.25, 0.3) is 5.69 Å². The summed E-state index contributed by atoms with van der Waals surface area (Å²) in [6, 6.07) is 4.13. The number of nitro benzene ring substituents is 1. The van der Waals surface area contributed by atoms with Crippen molar-refractivity contribution in [1.29, 1.82) is 0 Å². The Balaban J connectivity index is 3.30. The Kier molecular flexibility index (Phi) is 3.03. The minimum Gasteiger partial charge on any atom is -0.481 e. The van der Waals surface area contributed by atoms with E-state index < -0.39 is 10.9 Å². The molecule has 0 aliphatic rings. The summed E-state index contributed by atoms with van der Waals surface area (Å²) in [7, 11) is 0. The van der Waals surface area contributed by atoms with Crippen LogP contribution in [0.3, 0.4) is 0 Å². The lowest BCUT2D eigenvalue weighted by molar-refractivity contribution is -0.385. The molecule has 0 aliphatic carbocycles. The van der Waals surface area contributed by atoms with Crippen LogP contribution in [0.1, 0.15) is 11.1 Å². The van der Waals surface area contributed by atoms with Crippen molar-refractivity contribution in [3.8, 4) is 12.3 Å². The first-order chi connectivity index (χ1) is 7.06. The van der Waals surface area contributed by atoms with Gasteiger partial charge in [-0.2, -0.15) is 0 Å². The molecule has 0 spiro atoms. The maximum absolute atomic E-state index is 10.6. The van der Waals surface area contributed by atoms with Crippen LogP contribution in [0.4, 0.5) is 5.69 Å². The van der Waals surface area contributed by atoms with Crippen LogP contribution in [-0.2, 0) is 11.2 Å². The molecule has 1 N–H and O–H groups in total. The zero-order valence-electron chi connectivity index (χ0n) is 7.64. The molecule has 0 unspecified atom stereocenters. The summed E-state index contributed by atoms with van der Waals surface area (Å²) in [6.07, 6.45) is 4.80. The molecular weight excluding hydrogens is 198 g/mol. The minimum atomic E-state index is -1.08. The van der Waals surface area contributed by atoms with E-state index in [1.807, 2.05) is 0 Å². The molecular formula is C10H7NO4. The predicted molar refractivity (Wildman–Crippen MR) is 52.4 cm³/mol. The highest BCUT2D eigenvalue weighted by Crippen LogP contribution is 2.21. The van der Waals surface area contributed by atoms with Crippen molar-refractivity contribution in [1.82, 2.24) is 0 Å². The van der Waals surface area contributed by atoms with Gasteiger partial charge in [-0.3, -0.25) is 14.9 Å². The molecule has 5 heteroatoms. The predicted octanol–water partition coefficient (Wildman–Crippen LogP) is 1.20. The summed E-state index contributed by atoms with van der Waals surface area (Å²) in [4.78, 5) is 20.4. The van der Waals surface area contributed by atoms with Crippen molar-refractivity contribution in [3.05, 3.63) is 39.4 Å². The van der Waals surface area contributed by atoms with Crippen LogP contribution < -0.4 is 0 Å². The van der Waals surface area contributed by atoms with E-state index in [1.165, 1.54) is 18.2 Å². The van der Waals surface area contributed by atoms with Crippen LogP contribution in [0, 0.1) is 22.5 Å². The lowest BCUT2D eigenvalue weighted by Crippen LogP contribution is -2.04. The van der Waals surface area contributed by atoms with Crippen LogP contribution in [0.15, 0.2) is 18.2 Å². The zero-order valence-corrected chi connectivity index (χ0v) is 7.64. The Hall–Kier alpha value is -2.35. The maximum Gasteiger partial charge on any atom is 0.307 e. The molecule has 0 aromatic heterocycles. The second-order valence-corrected chi connectivity index (χ2v) is 2.78. The monoisotopic (exact) mass is 205 g/mol. The average Bonchev–Trinajstić information content (AvgIpc) is 2.16. The van der Waals surface area contributed by atoms with Crippen molar-refractivity contribution < 1.29 is 14.8 Å². The zero-order chi connectivity index (χ0) is 11.4. The summed E-state index contributed by atoms with van der Waals surface area (Å²) in [5.41, 5.74) is 0.0698. The van der Waals surface area contributed by atoms with Gasteiger partial charge in [0.1, 0.15) is 5.56 Å². The molecule has 76 valence electrons. The molecule has 5 nitrogen and oxygen atoms in total. The second kappa shape index (κ2) is 4.24. The molecule has 0 heterocycles. The number of rotatable bonds is 3. The lowest BCUT2D eigenvalue weighted by Gasteiger charge is -2.01. The number of hydrogen-bond donors (Lipinski definition) is 1. The highest BCUT2D eigenvalue weighted by molar-refractivity contribution is 5.72. The summed E-state index contributed by atoms with van der Waals surface area (Å²) in [5.74, 6) is 1.07. The van der Waals surface area contributed by atoms with Crippen molar-refractivity contribution in [2.75, 3.05) is 0 Å². The molecule has 0 radical (unpaired) electrons. The Labute approximate surface area is 85.5 Å². The minimum absolute atomic E-state index is 0.0323. The van der Waals surface area contributed by atoms with Crippen LogP contribution in [0.25, 0.3) is 0 Å². The first-order valence-electron chi connectivity index (χ1n) is 4.01. The number of nitrogens with zero attached hydrogens (tertiary/aromatic N) is 1. The number of carboxylic acid groups (broad SMARTS) is 1. The number of terminal acetylenes is 1. The van der Waals surface area contributed by atoms with Crippen molar-refractivity contribution >= 4 is 11.7 Å². The van der Waals surface area contributed by atoms with Crippen molar-refractivity contribution in [2.45, 2.75) is 6.42 Å². The quantitative estimate of drug-likeness (QED) is 0.456. The van der Waals surface area contributed by atoms with Gasteiger partial charge < -0.3 is 5.11 Å². The molecule has 0 atom stereocenters. The van der Waals surface area contributed by atoms with E-state index in [2.05, 4.69) is 5.92 Å². The molecule has 0 amide bonds. The third-order valence-electron chi connectivity index (χ3n) is 1.81. The third kappa shape index (κ3) is 2.31. The second-order valence-electron chi connectivity index (χ2n) is 2.78. The number of carboxylic acids is 1. The van der Waals surface area contributed by atoms with E-state index in [1.54, 1.807) is 0 Å². The highest BCUT2D eigenvalue weighted by Gasteiger charge is 2.16. The Morgan fingerprint density at radius 3 is 2.73 bits per heavy atom. The van der Waals surface area contributed by atoms with Crippen LogP contribution in [-0.4, -0.2) is 16.0 Å². The normalized spacial score (nSPS) is 9.27. The molecule has 1 rings (SSSR count). The van der Waals surface area contributed by atoms with Gasteiger partial charge in [0, 0.05) is 6.07 Å². The van der Waals surface area contributed by atoms with Gasteiger partial charge in [0.2, 0.25) is 0 Å². The standard InChI is InChI=1S/C10H7NO4/c1-2-8-7(6-10(12)13)4-3-5-9(8)11(14)15/h1,3-5H,6H2,(H,12,13). The third-order valence-corrected chi connectivity index (χ3v) is 1.81. The van der Waals surface area contributed by atoms with Gasteiger partial charge in [0.05, 0.1) is 11.3 Å². The Morgan fingerprint density at radius 2 is 2.27 bits per heavy atom. The number of benzene rings is 1. The SMILES string of the molecule is C#Cc1c(CC(=O)O)cccc1[N+](=O)[O-]. The van der Waals surface area contributed by atoms with Gasteiger partial charge in [-0.25, -0.2) is 0 Å². The maximum atomic E-state index is 10.6. The summed E-state index contributed by atoms with van der Waals surface area (Å²) in [5, 5.41) is 19.2. The Morgan fingerprint density at radius 1 is 1.60 bits per heavy atom. The molecule has 15 heavy (non-hydrogen) atoms. The van der Waals surface area contributed by atoms with Gasteiger partial charge in [-0.05, 0) is 5.56 Å². The Bertz CT molecular complexity index is 459. The summed E-state index contributed by atoms with van der Waals surface area (Å²) >= 11 is 0. The summed E-state index contributed by atoms with van der Waals surface area (Å²) < 4.78 is 0. The molecule has 0 saturated carbocycles. The van der Waals surface area contributed by atoms with Crippen LogP contribution in [0.2, 0.25) is 0 Å². The molecule has 0 aliphatic heterocycles. The number of nitro groups is 1. The average molecular weight is 205 g/mol. The number of aliphatic carboxylic acids is 1. The van der Waals surface area contributed by atoms with Gasteiger partial charge in [-0.15, -0.1) is 6.42 Å². The first-order valence-corrected chi connectivity index (χ1v) is 4.01. The van der Waals surface area contributed by atoms with Gasteiger partial charge in [-0.1, -0.05) is 18.1 Å².